The predicted molar refractivity (Wildman–Crippen MR) is 278 cm³/mol. The van der Waals surface area contributed by atoms with E-state index in [0.29, 0.717) is 0 Å². The van der Waals surface area contributed by atoms with Crippen molar-refractivity contribution in [1.29, 1.82) is 0 Å². The third kappa shape index (κ3) is 5.89. The molecular weight excluding hydrogens is 822 g/mol. The van der Waals surface area contributed by atoms with Crippen molar-refractivity contribution < 1.29 is 4.74 Å². The minimum absolute atomic E-state index is 0.0796. The van der Waals surface area contributed by atoms with E-state index in [9.17, 15) is 0 Å². The maximum absolute atomic E-state index is 6.93. The second-order valence-electron chi connectivity index (χ2n) is 17.1. The van der Waals surface area contributed by atoms with Crippen LogP contribution in [0.15, 0.2) is 248 Å². The summed E-state index contributed by atoms with van der Waals surface area (Å²) in [6.07, 6.45) is 0. The number of para-hydroxylation sites is 4. The van der Waals surface area contributed by atoms with Crippen LogP contribution in [-0.4, -0.2) is 18.6 Å². The van der Waals surface area contributed by atoms with E-state index in [1.165, 1.54) is 80.6 Å². The Bertz CT molecular complexity index is 3480. The number of hydrogen-bond donors (Lipinski definition) is 0. The highest BCUT2D eigenvalue weighted by Gasteiger charge is 2.43. The molecule has 1 aromatic heterocycles. The van der Waals surface area contributed by atoms with Gasteiger partial charge in [0.15, 0.2) is 8.07 Å². The second-order valence-corrected chi connectivity index (χ2v) is 22.0. The maximum atomic E-state index is 6.93. The van der Waals surface area contributed by atoms with Crippen molar-refractivity contribution in [3.63, 3.8) is 0 Å². The standard InChI is InChI=1S/C60H40BNOSSi/c1-4-20-43(21-5-1)65(44-22-6-2-7-23-44,45-24-8-3-9-25-45)59-35-19-13-27-47(59)41-36-37-50-51-38-42(39-57-60(51)61(64-58(50)40-41)52-30-14-18-34-56(52)63-57)46-26-10-15-31-53(46)62-54-32-16-11-28-48(54)49-29-12-17-33-55(49)62/h1-40H. The molecule has 0 radical (unpaired) electrons. The third-order valence-corrected chi connectivity index (χ3v) is 19.8. The van der Waals surface area contributed by atoms with Crippen molar-refractivity contribution in [3.05, 3.63) is 243 Å². The number of ether oxygens (including phenoxy) is 1. The average Bonchev–Trinajstić information content (AvgIpc) is 3.72. The molecule has 3 heterocycles. The predicted octanol–water partition coefficient (Wildman–Crippen LogP) is 11.5. The van der Waals surface area contributed by atoms with Gasteiger partial charge in [0, 0.05) is 21.2 Å². The van der Waals surface area contributed by atoms with Gasteiger partial charge in [0.2, 0.25) is 0 Å². The Balaban J connectivity index is 1.02. The molecule has 304 valence electrons. The molecule has 5 heteroatoms. The summed E-state index contributed by atoms with van der Waals surface area (Å²) in [6.45, 7) is 0. The van der Waals surface area contributed by atoms with Gasteiger partial charge < -0.3 is 9.30 Å². The van der Waals surface area contributed by atoms with Gasteiger partial charge in [0.05, 0.1) is 16.7 Å². The molecule has 0 amide bonds. The quantitative estimate of drug-likeness (QED) is 0.117. The number of hydrogen-bond acceptors (Lipinski definition) is 2. The first-order valence-electron chi connectivity index (χ1n) is 22.4. The van der Waals surface area contributed by atoms with Gasteiger partial charge in [-0.2, -0.15) is 11.6 Å². The molecule has 0 fully saturated rings. The highest BCUT2D eigenvalue weighted by Crippen LogP contribution is 2.47. The van der Waals surface area contributed by atoms with Crippen LogP contribution in [0.3, 0.4) is 0 Å². The summed E-state index contributed by atoms with van der Waals surface area (Å²) in [6, 6.07) is 89.8. The van der Waals surface area contributed by atoms with E-state index in [1.54, 1.807) is 0 Å². The van der Waals surface area contributed by atoms with Crippen LogP contribution >= 0.6 is 11.6 Å². The molecule has 0 unspecified atom stereocenters. The van der Waals surface area contributed by atoms with E-state index in [4.69, 9.17) is 4.74 Å². The smallest absolute Gasteiger partial charge is 0.289 e. The average molecular weight is 862 g/mol. The number of rotatable bonds is 7. The molecule has 13 rings (SSSR count). The van der Waals surface area contributed by atoms with Gasteiger partial charge in [-0.3, -0.25) is 0 Å². The molecule has 2 aliphatic heterocycles. The van der Waals surface area contributed by atoms with E-state index in [2.05, 4.69) is 247 Å². The van der Waals surface area contributed by atoms with Crippen LogP contribution < -0.4 is 36.4 Å². The summed E-state index contributed by atoms with van der Waals surface area (Å²) >= 11 is 1.95. The van der Waals surface area contributed by atoms with E-state index >= 15 is 0 Å². The van der Waals surface area contributed by atoms with E-state index < -0.39 is 8.07 Å². The monoisotopic (exact) mass is 861 g/mol. The molecule has 0 bridgehead atoms. The largest absolute Gasteiger partial charge is 0.458 e. The Kier molecular flexibility index (Phi) is 8.93. The summed E-state index contributed by atoms with van der Waals surface area (Å²) < 4.78 is 9.36. The van der Waals surface area contributed by atoms with Crippen molar-refractivity contribution in [3.8, 4) is 50.6 Å². The molecule has 0 atom stereocenters. The van der Waals surface area contributed by atoms with Crippen molar-refractivity contribution in [2.45, 2.75) is 4.90 Å². The lowest BCUT2D eigenvalue weighted by Crippen LogP contribution is -2.75. The van der Waals surface area contributed by atoms with Crippen molar-refractivity contribution >= 4 is 79.2 Å². The van der Waals surface area contributed by atoms with Gasteiger partial charge in [-0.1, -0.05) is 200 Å². The van der Waals surface area contributed by atoms with Crippen LogP contribution in [0.4, 0.5) is 0 Å². The molecule has 0 N–H and O–H groups in total. The molecule has 2 aliphatic rings. The Hall–Kier alpha value is -7.57. The minimum atomic E-state index is -2.82. The SMILES string of the molecule is c1ccc([Si](c2ccccc2)(c2ccccc2)c2ccccc2-c2ccc3c(c2)SB2c4ccccc4Oc4cc(-c5ccccc5-n5c6ccccc6c6ccccc65)cc-3c42)cc1. The lowest BCUT2D eigenvalue weighted by molar-refractivity contribution is 0.488. The van der Waals surface area contributed by atoms with Gasteiger partial charge >= 0.3 is 0 Å². The first-order valence-corrected chi connectivity index (χ1v) is 25.2. The summed E-state index contributed by atoms with van der Waals surface area (Å²) in [5.74, 6) is 1.93. The Labute approximate surface area is 384 Å². The fraction of sp³-hybridized carbons (Fsp3) is 0. The summed E-state index contributed by atoms with van der Waals surface area (Å²) in [4.78, 5) is 1.27. The molecular formula is C60H40BNOSSi. The summed E-state index contributed by atoms with van der Waals surface area (Å²) in [5.41, 5.74) is 13.2. The number of aromatic nitrogens is 1. The fourth-order valence-corrected chi connectivity index (χ4v) is 17.3. The van der Waals surface area contributed by atoms with Crippen LogP contribution in [0.5, 0.6) is 11.5 Å². The lowest BCUT2D eigenvalue weighted by atomic mass is 9.57. The topological polar surface area (TPSA) is 14.2 Å². The van der Waals surface area contributed by atoms with Crippen LogP contribution in [0.1, 0.15) is 0 Å². The molecule has 0 aliphatic carbocycles. The maximum Gasteiger partial charge on any atom is 0.289 e. The van der Waals surface area contributed by atoms with Crippen molar-refractivity contribution in [2.24, 2.45) is 0 Å². The molecule has 65 heavy (non-hydrogen) atoms. The third-order valence-electron chi connectivity index (χ3n) is 13.6. The van der Waals surface area contributed by atoms with Crippen molar-refractivity contribution in [1.82, 2.24) is 4.57 Å². The number of nitrogens with zero attached hydrogens (tertiary/aromatic N) is 1. The van der Waals surface area contributed by atoms with E-state index in [0.717, 1.165) is 28.3 Å². The molecule has 0 spiro atoms. The molecule has 0 saturated heterocycles. The van der Waals surface area contributed by atoms with E-state index in [1.807, 2.05) is 11.6 Å². The Morgan fingerprint density at radius 3 is 1.63 bits per heavy atom. The molecule has 2 nitrogen and oxygen atoms in total. The normalized spacial score (nSPS) is 12.6. The van der Waals surface area contributed by atoms with Gasteiger partial charge in [0.1, 0.15) is 11.5 Å². The molecule has 10 aromatic carbocycles. The molecule has 0 saturated carbocycles. The minimum Gasteiger partial charge on any atom is -0.458 e. The zero-order valence-electron chi connectivity index (χ0n) is 35.4. The molecule has 11 aromatic rings. The Morgan fingerprint density at radius 1 is 0.400 bits per heavy atom. The van der Waals surface area contributed by atoms with Gasteiger partial charge in [-0.05, 0) is 102 Å². The zero-order chi connectivity index (χ0) is 42.9. The summed E-state index contributed by atoms with van der Waals surface area (Å²) in [5, 5.41) is 7.98. The number of fused-ring (bicyclic) bond motifs is 7. The lowest BCUT2D eigenvalue weighted by Gasteiger charge is -2.36. The van der Waals surface area contributed by atoms with Crippen LogP contribution in [-0.2, 0) is 0 Å². The van der Waals surface area contributed by atoms with Gasteiger partial charge in [-0.25, -0.2) is 0 Å². The van der Waals surface area contributed by atoms with Gasteiger partial charge in [0.25, 0.3) is 5.99 Å². The fourth-order valence-electron chi connectivity index (χ4n) is 10.9. The van der Waals surface area contributed by atoms with Gasteiger partial charge in [-0.15, -0.1) is 0 Å². The zero-order valence-corrected chi connectivity index (χ0v) is 37.3. The number of benzene rings is 10. The Morgan fingerprint density at radius 2 is 0.954 bits per heavy atom. The first kappa shape index (κ1) is 37.9. The van der Waals surface area contributed by atoms with E-state index in [-0.39, 0.29) is 5.99 Å². The highest BCUT2D eigenvalue weighted by atomic mass is 32.2. The van der Waals surface area contributed by atoms with Crippen LogP contribution in [0.2, 0.25) is 0 Å². The summed E-state index contributed by atoms with van der Waals surface area (Å²) in [7, 11) is -2.82. The highest BCUT2D eigenvalue weighted by molar-refractivity contribution is 8.28. The van der Waals surface area contributed by atoms with Crippen LogP contribution in [0, 0.1) is 0 Å². The first-order chi connectivity index (χ1) is 32.3. The second kappa shape index (κ2) is 15.3. The van der Waals surface area contributed by atoms with Crippen LogP contribution in [0.25, 0.3) is 60.9 Å². The van der Waals surface area contributed by atoms with Crippen molar-refractivity contribution in [2.75, 3.05) is 0 Å².